The summed E-state index contributed by atoms with van der Waals surface area (Å²) < 4.78 is 38.2. The molecule has 2 rings (SSSR count). The van der Waals surface area contributed by atoms with Crippen molar-refractivity contribution >= 4 is 27.7 Å². The zero-order valence-corrected chi connectivity index (χ0v) is 19.1. The van der Waals surface area contributed by atoms with E-state index < -0.39 is 16.7 Å². The van der Waals surface area contributed by atoms with Gasteiger partial charge in [0, 0.05) is 18.3 Å². The number of anilines is 1. The molecule has 1 aromatic heterocycles. The number of pyridine rings is 1. The highest BCUT2D eigenvalue weighted by molar-refractivity contribution is 7.92. The summed E-state index contributed by atoms with van der Waals surface area (Å²) in [6.07, 6.45) is 8.12. The summed E-state index contributed by atoms with van der Waals surface area (Å²) >= 11 is 0. The highest BCUT2D eigenvalue weighted by Crippen LogP contribution is 2.18. The minimum Gasteiger partial charge on any atom is -0.348 e. The van der Waals surface area contributed by atoms with Crippen LogP contribution >= 0.6 is 0 Å². The lowest BCUT2D eigenvalue weighted by molar-refractivity contribution is -0.116. The molecule has 8 heteroatoms. The average Bonchev–Trinajstić information content (AvgIpc) is 2.72. The van der Waals surface area contributed by atoms with E-state index >= 15 is 0 Å². The van der Waals surface area contributed by atoms with E-state index in [1.165, 1.54) is 6.08 Å². The Labute approximate surface area is 184 Å². The standard InChI is InChI=1S/C23H30FN3O3S/c1-4-5-6-7-22-19(9-11-20(15-24)26-22)10-13-23(28)25-16-18-8-12-21(17(2)14-18)27-31(3,29)30/h8-14,27H,4-7,15-16H2,1-3H3,(H,25,28)/b13-10+. The molecule has 0 saturated carbocycles. The van der Waals surface area contributed by atoms with Crippen molar-refractivity contribution in [2.24, 2.45) is 0 Å². The first-order chi connectivity index (χ1) is 14.7. The summed E-state index contributed by atoms with van der Waals surface area (Å²) in [4.78, 5) is 16.6. The predicted molar refractivity (Wildman–Crippen MR) is 123 cm³/mol. The van der Waals surface area contributed by atoms with Crippen molar-refractivity contribution < 1.29 is 17.6 Å². The molecule has 168 valence electrons. The van der Waals surface area contributed by atoms with Gasteiger partial charge in [0.15, 0.2) is 0 Å². The summed E-state index contributed by atoms with van der Waals surface area (Å²) in [5, 5.41) is 2.81. The monoisotopic (exact) mass is 447 g/mol. The molecule has 0 saturated heterocycles. The van der Waals surface area contributed by atoms with Gasteiger partial charge in [-0.2, -0.15) is 0 Å². The van der Waals surface area contributed by atoms with Crippen molar-refractivity contribution in [3.05, 3.63) is 64.5 Å². The van der Waals surface area contributed by atoms with Crippen LogP contribution in [0, 0.1) is 6.92 Å². The molecule has 0 aliphatic carbocycles. The van der Waals surface area contributed by atoms with Gasteiger partial charge in [-0.3, -0.25) is 14.5 Å². The number of hydrogen-bond donors (Lipinski definition) is 2. The van der Waals surface area contributed by atoms with Gasteiger partial charge in [0.25, 0.3) is 0 Å². The maximum atomic E-state index is 13.0. The third kappa shape index (κ3) is 8.49. The normalized spacial score (nSPS) is 11.6. The summed E-state index contributed by atoms with van der Waals surface area (Å²) in [6, 6.07) is 8.69. The molecular formula is C23H30FN3O3S. The van der Waals surface area contributed by atoms with Crippen molar-refractivity contribution in [2.75, 3.05) is 11.0 Å². The maximum Gasteiger partial charge on any atom is 0.244 e. The van der Waals surface area contributed by atoms with E-state index in [1.807, 2.05) is 6.07 Å². The van der Waals surface area contributed by atoms with E-state index in [2.05, 4.69) is 21.9 Å². The number of rotatable bonds is 11. The Morgan fingerprint density at radius 3 is 2.61 bits per heavy atom. The molecule has 1 aromatic carbocycles. The molecule has 6 nitrogen and oxygen atoms in total. The van der Waals surface area contributed by atoms with Crippen molar-refractivity contribution in [1.29, 1.82) is 0 Å². The number of aromatic nitrogens is 1. The van der Waals surface area contributed by atoms with Crippen LogP contribution in [0.15, 0.2) is 36.4 Å². The minimum absolute atomic E-state index is 0.259. The molecule has 0 spiro atoms. The van der Waals surface area contributed by atoms with Crippen LogP contribution < -0.4 is 10.0 Å². The number of hydrogen-bond acceptors (Lipinski definition) is 4. The fourth-order valence-electron chi connectivity index (χ4n) is 3.09. The molecule has 1 amide bonds. The summed E-state index contributed by atoms with van der Waals surface area (Å²) in [5.74, 6) is -0.259. The van der Waals surface area contributed by atoms with Gasteiger partial charge in [-0.25, -0.2) is 12.8 Å². The molecule has 2 aromatic rings. The Morgan fingerprint density at radius 1 is 1.19 bits per heavy atom. The first kappa shape index (κ1) is 24.5. The number of sulfonamides is 1. The second-order valence-corrected chi connectivity index (χ2v) is 9.25. The highest BCUT2D eigenvalue weighted by atomic mass is 32.2. The molecule has 0 fully saturated rings. The zero-order valence-electron chi connectivity index (χ0n) is 18.2. The predicted octanol–water partition coefficient (Wildman–Crippen LogP) is 4.29. The van der Waals surface area contributed by atoms with Gasteiger partial charge in [-0.1, -0.05) is 38.0 Å². The van der Waals surface area contributed by atoms with Crippen LogP contribution in [0.5, 0.6) is 0 Å². The summed E-state index contributed by atoms with van der Waals surface area (Å²) in [6.45, 7) is 3.62. The molecule has 0 radical (unpaired) electrons. The zero-order chi connectivity index (χ0) is 22.9. The van der Waals surface area contributed by atoms with Gasteiger partial charge in [0.1, 0.15) is 6.67 Å². The number of unbranched alkanes of at least 4 members (excludes halogenated alkanes) is 2. The van der Waals surface area contributed by atoms with Crippen molar-refractivity contribution in [2.45, 2.75) is 52.8 Å². The first-order valence-electron chi connectivity index (χ1n) is 10.3. The van der Waals surface area contributed by atoms with E-state index in [4.69, 9.17) is 0 Å². The SMILES string of the molecule is CCCCCc1nc(CF)ccc1/C=C/C(=O)NCc1ccc(NS(C)(=O)=O)c(C)c1. The molecule has 0 unspecified atom stereocenters. The van der Waals surface area contributed by atoms with Gasteiger partial charge >= 0.3 is 0 Å². The largest absolute Gasteiger partial charge is 0.348 e. The number of amides is 1. The van der Waals surface area contributed by atoms with Crippen molar-refractivity contribution in [3.8, 4) is 0 Å². The molecule has 2 N–H and O–H groups in total. The van der Waals surface area contributed by atoms with E-state index in [-0.39, 0.29) is 5.91 Å². The molecule has 1 heterocycles. The Kier molecular flexibility index (Phi) is 9.18. The number of aryl methyl sites for hydroxylation is 2. The number of alkyl halides is 1. The summed E-state index contributed by atoms with van der Waals surface area (Å²) in [7, 11) is -3.34. The molecule has 0 aliphatic heterocycles. The minimum atomic E-state index is -3.34. The van der Waals surface area contributed by atoms with E-state index in [9.17, 15) is 17.6 Å². The fourth-order valence-corrected chi connectivity index (χ4v) is 3.72. The van der Waals surface area contributed by atoms with Gasteiger partial charge < -0.3 is 5.32 Å². The Balaban J connectivity index is 2.00. The number of nitrogens with one attached hydrogen (secondary N) is 2. The number of carbonyl (C=O) groups excluding carboxylic acids is 1. The van der Waals surface area contributed by atoms with Crippen LogP contribution in [0.2, 0.25) is 0 Å². The fraction of sp³-hybridized carbons (Fsp3) is 0.391. The van der Waals surface area contributed by atoms with Gasteiger partial charge in [-0.15, -0.1) is 0 Å². The van der Waals surface area contributed by atoms with Crippen LogP contribution in [0.3, 0.4) is 0 Å². The van der Waals surface area contributed by atoms with Crippen molar-refractivity contribution in [1.82, 2.24) is 10.3 Å². The van der Waals surface area contributed by atoms with Crippen molar-refractivity contribution in [3.63, 3.8) is 0 Å². The number of halogens is 1. The third-order valence-corrected chi connectivity index (χ3v) is 5.28. The van der Waals surface area contributed by atoms with E-state index in [1.54, 1.807) is 37.3 Å². The molecule has 0 aliphatic rings. The van der Waals surface area contributed by atoms with E-state index in [0.29, 0.717) is 17.9 Å². The van der Waals surface area contributed by atoms with Gasteiger partial charge in [0.2, 0.25) is 15.9 Å². The molecule has 0 atom stereocenters. The first-order valence-corrected chi connectivity index (χ1v) is 12.2. The quantitative estimate of drug-likeness (QED) is 0.397. The second-order valence-electron chi connectivity index (χ2n) is 7.50. The second kappa shape index (κ2) is 11.6. The maximum absolute atomic E-state index is 13.0. The molecule has 31 heavy (non-hydrogen) atoms. The van der Waals surface area contributed by atoms with Crippen LogP contribution in [0.1, 0.15) is 54.3 Å². The lowest BCUT2D eigenvalue weighted by Gasteiger charge is -2.10. The van der Waals surface area contributed by atoms with Crippen LogP contribution in [0.25, 0.3) is 6.08 Å². The number of nitrogens with zero attached hydrogens (tertiary/aromatic N) is 1. The lowest BCUT2D eigenvalue weighted by atomic mass is 10.1. The smallest absolute Gasteiger partial charge is 0.244 e. The highest BCUT2D eigenvalue weighted by Gasteiger charge is 2.07. The van der Waals surface area contributed by atoms with Gasteiger partial charge in [0.05, 0.1) is 17.6 Å². The Bertz CT molecular complexity index is 1040. The lowest BCUT2D eigenvalue weighted by Crippen LogP contribution is -2.20. The average molecular weight is 448 g/mol. The third-order valence-electron chi connectivity index (χ3n) is 4.69. The molecule has 0 bridgehead atoms. The van der Waals surface area contributed by atoms with E-state index in [0.717, 1.165) is 54.3 Å². The Morgan fingerprint density at radius 2 is 1.97 bits per heavy atom. The molecular weight excluding hydrogens is 417 g/mol. The van der Waals surface area contributed by atoms with Crippen LogP contribution in [-0.2, 0) is 34.5 Å². The Hall–Kier alpha value is -2.74. The number of carbonyl (C=O) groups is 1. The topological polar surface area (TPSA) is 88.2 Å². The summed E-state index contributed by atoms with van der Waals surface area (Å²) in [5.41, 5.74) is 4.15. The van der Waals surface area contributed by atoms with Gasteiger partial charge in [-0.05, 0) is 54.7 Å². The number of benzene rings is 1. The van der Waals surface area contributed by atoms with Crippen LogP contribution in [-0.4, -0.2) is 25.6 Å². The van der Waals surface area contributed by atoms with Crippen LogP contribution in [0.4, 0.5) is 10.1 Å².